The van der Waals surface area contributed by atoms with Crippen molar-refractivity contribution in [3.8, 4) is 0 Å². The highest BCUT2D eigenvalue weighted by Gasteiger charge is 2.35. The minimum atomic E-state index is -4.10. The lowest BCUT2D eigenvalue weighted by molar-refractivity contribution is -0.141. The third kappa shape index (κ3) is 7.72. The molecule has 1 unspecified atom stereocenters. The van der Waals surface area contributed by atoms with Gasteiger partial charge in [0.05, 0.1) is 10.6 Å². The number of amides is 2. The van der Waals surface area contributed by atoms with E-state index in [1.54, 1.807) is 24.3 Å². The molecule has 3 aromatic rings. The molecule has 7 nitrogen and oxygen atoms in total. The lowest BCUT2D eigenvalue weighted by Gasteiger charge is -2.35. The highest BCUT2D eigenvalue weighted by molar-refractivity contribution is 7.92. The maximum absolute atomic E-state index is 14.2. The fraction of sp³-hybridized carbons (Fsp3) is 0.375. The van der Waals surface area contributed by atoms with Crippen molar-refractivity contribution in [1.82, 2.24) is 10.2 Å². The minimum Gasteiger partial charge on any atom is -0.350 e. The smallest absolute Gasteiger partial charge is 0.264 e. The normalized spacial score (nSPS) is 12.5. The van der Waals surface area contributed by atoms with Gasteiger partial charge >= 0.3 is 0 Å². The van der Waals surface area contributed by atoms with Crippen molar-refractivity contribution in [3.05, 3.63) is 95.1 Å². The Hall–Kier alpha value is -3.65. The molecular formula is C32H41N3O4S. The average molecular weight is 564 g/mol. The SMILES string of the molecule is CCC(C(=O)NC(C)(C)C)N(Cc1cccc(C)c1)C(=O)CN(c1cc(C)ccc1C)S(=O)(=O)c1ccccc1. The Balaban J connectivity index is 2.11. The second kappa shape index (κ2) is 12.7. The molecule has 1 atom stereocenters. The van der Waals surface area contributed by atoms with Crippen LogP contribution in [-0.4, -0.2) is 43.3 Å². The van der Waals surface area contributed by atoms with Gasteiger partial charge in [-0.1, -0.05) is 67.1 Å². The first-order valence-corrected chi connectivity index (χ1v) is 15.0. The van der Waals surface area contributed by atoms with Crippen LogP contribution in [0.25, 0.3) is 0 Å². The van der Waals surface area contributed by atoms with Gasteiger partial charge in [0.15, 0.2) is 0 Å². The van der Waals surface area contributed by atoms with Crippen LogP contribution >= 0.6 is 0 Å². The van der Waals surface area contributed by atoms with Gasteiger partial charge in [0.1, 0.15) is 12.6 Å². The monoisotopic (exact) mass is 563 g/mol. The van der Waals surface area contributed by atoms with E-state index in [9.17, 15) is 18.0 Å². The molecule has 0 bridgehead atoms. The molecule has 0 saturated heterocycles. The molecule has 3 rings (SSSR count). The van der Waals surface area contributed by atoms with E-state index in [1.165, 1.54) is 21.3 Å². The second-order valence-electron chi connectivity index (χ2n) is 11.3. The zero-order chi connectivity index (χ0) is 29.7. The molecule has 214 valence electrons. The Morgan fingerprint density at radius 3 is 2.12 bits per heavy atom. The van der Waals surface area contributed by atoms with Crippen molar-refractivity contribution < 1.29 is 18.0 Å². The Morgan fingerprint density at radius 1 is 0.875 bits per heavy atom. The molecule has 0 heterocycles. The van der Waals surface area contributed by atoms with Crippen molar-refractivity contribution in [2.24, 2.45) is 0 Å². The van der Waals surface area contributed by atoms with Gasteiger partial charge in [0.2, 0.25) is 11.8 Å². The number of benzene rings is 3. The van der Waals surface area contributed by atoms with Crippen molar-refractivity contribution in [1.29, 1.82) is 0 Å². The molecule has 0 fully saturated rings. The van der Waals surface area contributed by atoms with Crippen molar-refractivity contribution in [2.75, 3.05) is 10.8 Å². The van der Waals surface area contributed by atoms with Crippen LogP contribution in [0.15, 0.2) is 77.7 Å². The van der Waals surface area contributed by atoms with Crippen LogP contribution in [0.5, 0.6) is 0 Å². The molecule has 0 radical (unpaired) electrons. The van der Waals surface area contributed by atoms with Gasteiger partial charge in [-0.3, -0.25) is 13.9 Å². The predicted molar refractivity (Wildman–Crippen MR) is 161 cm³/mol. The van der Waals surface area contributed by atoms with Gasteiger partial charge < -0.3 is 10.2 Å². The standard InChI is InChI=1S/C32H41N3O4S/c1-8-28(31(37)33-32(5,6)7)34(21-26-14-12-13-23(2)19-26)30(36)22-35(29-20-24(3)17-18-25(29)4)40(38,39)27-15-10-9-11-16-27/h9-20,28H,8,21-22H2,1-7H3,(H,33,37). The molecule has 0 spiro atoms. The third-order valence-electron chi connectivity index (χ3n) is 6.56. The third-order valence-corrected chi connectivity index (χ3v) is 8.34. The summed E-state index contributed by atoms with van der Waals surface area (Å²) in [6, 6.07) is 20.6. The molecule has 0 aliphatic carbocycles. The maximum atomic E-state index is 14.2. The van der Waals surface area contributed by atoms with E-state index in [0.29, 0.717) is 12.1 Å². The topological polar surface area (TPSA) is 86.8 Å². The number of hydrogen-bond acceptors (Lipinski definition) is 4. The number of hydrogen-bond donors (Lipinski definition) is 1. The van der Waals surface area contributed by atoms with Crippen molar-refractivity contribution in [2.45, 2.75) is 77.9 Å². The molecule has 8 heteroatoms. The van der Waals surface area contributed by atoms with E-state index in [4.69, 9.17) is 0 Å². The minimum absolute atomic E-state index is 0.0893. The van der Waals surface area contributed by atoms with Crippen LogP contribution in [0.2, 0.25) is 0 Å². The van der Waals surface area contributed by atoms with Crippen molar-refractivity contribution in [3.63, 3.8) is 0 Å². The van der Waals surface area contributed by atoms with Gasteiger partial charge in [0.25, 0.3) is 10.0 Å². The quantitative estimate of drug-likeness (QED) is 0.352. The molecule has 2 amide bonds. The molecule has 0 aliphatic heterocycles. The number of nitrogens with one attached hydrogen (secondary N) is 1. The zero-order valence-electron chi connectivity index (χ0n) is 24.6. The van der Waals surface area contributed by atoms with Gasteiger partial charge in [-0.15, -0.1) is 0 Å². The van der Waals surface area contributed by atoms with Gasteiger partial charge in [0, 0.05) is 12.1 Å². The fourth-order valence-electron chi connectivity index (χ4n) is 4.60. The summed E-state index contributed by atoms with van der Waals surface area (Å²) in [6.45, 7) is 12.9. The van der Waals surface area contributed by atoms with Gasteiger partial charge in [-0.05, 0) is 82.9 Å². The predicted octanol–water partition coefficient (Wildman–Crippen LogP) is 5.53. The lowest BCUT2D eigenvalue weighted by atomic mass is 10.0. The summed E-state index contributed by atoms with van der Waals surface area (Å²) in [5.74, 6) is -0.738. The molecular weight excluding hydrogens is 522 g/mol. The lowest BCUT2D eigenvalue weighted by Crippen LogP contribution is -2.55. The Morgan fingerprint density at radius 2 is 1.52 bits per heavy atom. The molecule has 40 heavy (non-hydrogen) atoms. The van der Waals surface area contributed by atoms with Crippen LogP contribution in [0.3, 0.4) is 0 Å². The number of nitrogens with zero attached hydrogens (tertiary/aromatic N) is 2. The number of rotatable bonds is 10. The number of sulfonamides is 1. The summed E-state index contributed by atoms with van der Waals surface area (Å²) < 4.78 is 29.2. The molecule has 0 aromatic heterocycles. The number of carbonyl (C=O) groups is 2. The summed E-state index contributed by atoms with van der Waals surface area (Å²) >= 11 is 0. The molecule has 0 saturated carbocycles. The average Bonchev–Trinajstić information content (AvgIpc) is 2.88. The molecule has 0 aliphatic rings. The summed E-state index contributed by atoms with van der Waals surface area (Å²) in [4.78, 5) is 29.2. The van der Waals surface area contributed by atoms with E-state index in [-0.39, 0.29) is 17.3 Å². The van der Waals surface area contributed by atoms with E-state index >= 15 is 0 Å². The van der Waals surface area contributed by atoms with E-state index in [0.717, 1.165) is 22.3 Å². The van der Waals surface area contributed by atoms with Crippen LogP contribution in [0, 0.1) is 20.8 Å². The molecule has 3 aromatic carbocycles. The number of anilines is 1. The van der Waals surface area contributed by atoms with Gasteiger partial charge in [-0.25, -0.2) is 8.42 Å². The van der Waals surface area contributed by atoms with Crippen LogP contribution in [0.4, 0.5) is 5.69 Å². The summed E-state index contributed by atoms with van der Waals surface area (Å²) in [7, 11) is -4.10. The van der Waals surface area contributed by atoms with E-state index in [1.807, 2.05) is 84.9 Å². The van der Waals surface area contributed by atoms with E-state index < -0.39 is 34.1 Å². The number of carbonyl (C=O) groups excluding carboxylic acids is 2. The Labute approximate surface area is 239 Å². The highest BCUT2D eigenvalue weighted by atomic mass is 32.2. The highest BCUT2D eigenvalue weighted by Crippen LogP contribution is 2.28. The first-order chi connectivity index (χ1) is 18.7. The summed E-state index contributed by atoms with van der Waals surface area (Å²) in [5, 5.41) is 3.00. The van der Waals surface area contributed by atoms with E-state index in [2.05, 4.69) is 5.32 Å². The fourth-order valence-corrected chi connectivity index (χ4v) is 6.09. The van der Waals surface area contributed by atoms with Crippen LogP contribution < -0.4 is 9.62 Å². The Kier molecular flexibility index (Phi) is 9.79. The summed E-state index contributed by atoms with van der Waals surface area (Å²) in [5.41, 5.74) is 3.42. The van der Waals surface area contributed by atoms with Crippen LogP contribution in [-0.2, 0) is 26.2 Å². The van der Waals surface area contributed by atoms with Crippen molar-refractivity contribution >= 4 is 27.5 Å². The first-order valence-electron chi connectivity index (χ1n) is 13.5. The first kappa shape index (κ1) is 30.9. The summed E-state index contributed by atoms with van der Waals surface area (Å²) in [6.07, 6.45) is 0.369. The number of aryl methyl sites for hydroxylation is 3. The Bertz CT molecular complexity index is 1450. The second-order valence-corrected chi connectivity index (χ2v) is 13.2. The van der Waals surface area contributed by atoms with Crippen LogP contribution in [0.1, 0.15) is 56.4 Å². The maximum Gasteiger partial charge on any atom is 0.264 e. The zero-order valence-corrected chi connectivity index (χ0v) is 25.4. The molecule has 1 N–H and O–H groups in total. The van der Waals surface area contributed by atoms with Gasteiger partial charge in [-0.2, -0.15) is 0 Å². The largest absolute Gasteiger partial charge is 0.350 e.